The Balaban J connectivity index is 3.88. The first-order valence-corrected chi connectivity index (χ1v) is 2.90. The van der Waals surface area contributed by atoms with Gasteiger partial charge in [-0.15, -0.1) is 0 Å². The molecule has 0 aromatic rings. The summed E-state index contributed by atoms with van der Waals surface area (Å²) in [6, 6.07) is 0. The average Bonchev–Trinajstić information content (AvgIpc) is 1.84. The maximum Gasteiger partial charge on any atom is 0.155 e. The van der Waals surface area contributed by atoms with Crippen LogP contribution < -0.4 is 0 Å². The van der Waals surface area contributed by atoms with Crippen LogP contribution in [0.4, 0.5) is 0 Å². The Labute approximate surface area is 55.2 Å². The number of hydrogen-bond acceptors (Lipinski definition) is 2. The Morgan fingerprint density at radius 3 is 2.33 bits per heavy atom. The SMILES string of the molecule is C=C(C(C)=O)C(C)CO. The second-order valence-corrected chi connectivity index (χ2v) is 2.17. The molecule has 1 unspecified atom stereocenters. The first-order valence-electron chi connectivity index (χ1n) is 2.90. The van der Waals surface area contributed by atoms with Gasteiger partial charge in [0.2, 0.25) is 0 Å². The molecule has 52 valence electrons. The van der Waals surface area contributed by atoms with Crippen molar-refractivity contribution >= 4 is 5.78 Å². The van der Waals surface area contributed by atoms with Crippen molar-refractivity contribution in [2.24, 2.45) is 5.92 Å². The summed E-state index contributed by atoms with van der Waals surface area (Å²) >= 11 is 0. The van der Waals surface area contributed by atoms with E-state index in [0.29, 0.717) is 5.57 Å². The van der Waals surface area contributed by atoms with Crippen LogP contribution in [0.25, 0.3) is 0 Å². The minimum atomic E-state index is -0.0949. The van der Waals surface area contributed by atoms with E-state index in [1.807, 2.05) is 0 Å². The molecule has 0 aromatic carbocycles. The van der Waals surface area contributed by atoms with Gasteiger partial charge in [-0.3, -0.25) is 4.79 Å². The molecule has 0 saturated carbocycles. The molecular weight excluding hydrogens is 116 g/mol. The number of ketones is 1. The highest BCUT2D eigenvalue weighted by Gasteiger charge is 2.07. The molecule has 0 spiro atoms. The number of aliphatic hydroxyl groups is 1. The van der Waals surface area contributed by atoms with Crippen molar-refractivity contribution in [3.63, 3.8) is 0 Å². The highest BCUT2D eigenvalue weighted by molar-refractivity contribution is 5.92. The summed E-state index contributed by atoms with van der Waals surface area (Å²) in [6.45, 7) is 6.73. The summed E-state index contributed by atoms with van der Waals surface area (Å²) in [5.74, 6) is -0.140. The Morgan fingerprint density at radius 1 is 1.78 bits per heavy atom. The lowest BCUT2D eigenvalue weighted by molar-refractivity contribution is -0.114. The van der Waals surface area contributed by atoms with E-state index in [0.717, 1.165) is 0 Å². The van der Waals surface area contributed by atoms with E-state index in [2.05, 4.69) is 6.58 Å². The van der Waals surface area contributed by atoms with Crippen LogP contribution in [-0.4, -0.2) is 17.5 Å². The zero-order valence-electron chi connectivity index (χ0n) is 5.85. The Morgan fingerprint density at radius 2 is 2.22 bits per heavy atom. The summed E-state index contributed by atoms with van der Waals surface area (Å²) in [4.78, 5) is 10.5. The highest BCUT2D eigenvalue weighted by atomic mass is 16.3. The van der Waals surface area contributed by atoms with E-state index in [1.165, 1.54) is 6.92 Å². The van der Waals surface area contributed by atoms with Gasteiger partial charge >= 0.3 is 0 Å². The average molecular weight is 128 g/mol. The first-order chi connectivity index (χ1) is 4.09. The molecular formula is C7H12O2. The molecule has 2 nitrogen and oxygen atoms in total. The normalized spacial score (nSPS) is 12.8. The van der Waals surface area contributed by atoms with E-state index in [4.69, 9.17) is 5.11 Å². The van der Waals surface area contributed by atoms with Crippen molar-refractivity contribution in [3.05, 3.63) is 12.2 Å². The van der Waals surface area contributed by atoms with Crippen molar-refractivity contribution in [1.29, 1.82) is 0 Å². The zero-order chi connectivity index (χ0) is 7.44. The zero-order valence-corrected chi connectivity index (χ0v) is 5.85. The lowest BCUT2D eigenvalue weighted by atomic mass is 10.0. The van der Waals surface area contributed by atoms with Crippen LogP contribution in [0.3, 0.4) is 0 Å². The summed E-state index contributed by atoms with van der Waals surface area (Å²) < 4.78 is 0. The van der Waals surface area contributed by atoms with Gasteiger partial charge in [0.15, 0.2) is 5.78 Å². The lowest BCUT2D eigenvalue weighted by Gasteiger charge is -2.06. The highest BCUT2D eigenvalue weighted by Crippen LogP contribution is 2.06. The maximum absolute atomic E-state index is 10.5. The summed E-state index contributed by atoms with van der Waals surface area (Å²) in [7, 11) is 0. The van der Waals surface area contributed by atoms with Crippen LogP contribution in [0.15, 0.2) is 12.2 Å². The monoisotopic (exact) mass is 128 g/mol. The van der Waals surface area contributed by atoms with E-state index < -0.39 is 0 Å². The Hall–Kier alpha value is -0.630. The van der Waals surface area contributed by atoms with Gasteiger partial charge in [-0.25, -0.2) is 0 Å². The van der Waals surface area contributed by atoms with Crippen LogP contribution in [0.1, 0.15) is 13.8 Å². The Kier molecular flexibility index (Phi) is 3.17. The van der Waals surface area contributed by atoms with Crippen LogP contribution in [0.2, 0.25) is 0 Å². The van der Waals surface area contributed by atoms with Crippen molar-refractivity contribution in [2.45, 2.75) is 13.8 Å². The molecule has 9 heavy (non-hydrogen) atoms. The number of Topliss-reactive ketones (excluding diaryl/α,β-unsaturated/α-hetero) is 1. The Bertz CT molecular complexity index is 127. The quantitative estimate of drug-likeness (QED) is 0.570. The molecule has 0 rings (SSSR count). The first kappa shape index (κ1) is 8.37. The molecule has 0 aliphatic carbocycles. The second kappa shape index (κ2) is 3.41. The van der Waals surface area contributed by atoms with Gasteiger partial charge < -0.3 is 5.11 Å². The number of hydrogen-bond donors (Lipinski definition) is 1. The fourth-order valence-corrected chi connectivity index (χ4v) is 0.457. The van der Waals surface area contributed by atoms with E-state index in [1.54, 1.807) is 6.92 Å². The van der Waals surface area contributed by atoms with Crippen molar-refractivity contribution in [3.8, 4) is 0 Å². The molecule has 0 bridgehead atoms. The lowest BCUT2D eigenvalue weighted by Crippen LogP contribution is -2.09. The van der Waals surface area contributed by atoms with Crippen molar-refractivity contribution < 1.29 is 9.90 Å². The molecule has 0 saturated heterocycles. The smallest absolute Gasteiger partial charge is 0.155 e. The van der Waals surface area contributed by atoms with Gasteiger partial charge in [-0.2, -0.15) is 0 Å². The third kappa shape index (κ3) is 2.42. The number of rotatable bonds is 3. The minimum Gasteiger partial charge on any atom is -0.396 e. The number of aliphatic hydroxyl groups excluding tert-OH is 1. The summed E-state index contributed by atoms with van der Waals surface area (Å²) in [6.07, 6.45) is 0. The van der Waals surface area contributed by atoms with Gasteiger partial charge in [-0.05, 0) is 12.5 Å². The second-order valence-electron chi connectivity index (χ2n) is 2.17. The minimum absolute atomic E-state index is 0.00157. The van der Waals surface area contributed by atoms with Gasteiger partial charge in [-0.1, -0.05) is 13.5 Å². The predicted octanol–water partition coefficient (Wildman–Crippen LogP) is 0.760. The van der Waals surface area contributed by atoms with E-state index in [-0.39, 0.29) is 18.3 Å². The summed E-state index contributed by atoms with van der Waals surface area (Å²) in [5, 5.41) is 8.54. The maximum atomic E-state index is 10.5. The van der Waals surface area contributed by atoms with E-state index >= 15 is 0 Å². The topological polar surface area (TPSA) is 37.3 Å². The molecule has 1 N–H and O–H groups in total. The molecule has 0 amide bonds. The molecule has 0 radical (unpaired) electrons. The van der Waals surface area contributed by atoms with Crippen molar-refractivity contribution in [1.82, 2.24) is 0 Å². The van der Waals surface area contributed by atoms with Gasteiger partial charge in [0.1, 0.15) is 0 Å². The molecule has 2 heteroatoms. The van der Waals surface area contributed by atoms with Crippen LogP contribution in [0.5, 0.6) is 0 Å². The van der Waals surface area contributed by atoms with Gasteiger partial charge in [0.25, 0.3) is 0 Å². The fourth-order valence-electron chi connectivity index (χ4n) is 0.457. The standard InChI is InChI=1S/C7H12O2/c1-5(4-8)6(2)7(3)9/h5,8H,2,4H2,1,3H3. The van der Waals surface area contributed by atoms with Crippen LogP contribution in [0, 0.1) is 5.92 Å². The van der Waals surface area contributed by atoms with Crippen molar-refractivity contribution in [2.75, 3.05) is 6.61 Å². The largest absolute Gasteiger partial charge is 0.396 e. The molecule has 1 atom stereocenters. The molecule has 0 aliphatic rings. The third-order valence-electron chi connectivity index (χ3n) is 1.32. The molecule has 0 aromatic heterocycles. The molecule has 0 aliphatic heterocycles. The molecule has 0 fully saturated rings. The number of carbonyl (C=O) groups excluding carboxylic acids is 1. The fraction of sp³-hybridized carbons (Fsp3) is 0.571. The van der Waals surface area contributed by atoms with Gasteiger partial charge in [0.05, 0.1) is 0 Å². The van der Waals surface area contributed by atoms with Crippen LogP contribution >= 0.6 is 0 Å². The van der Waals surface area contributed by atoms with Crippen LogP contribution in [-0.2, 0) is 4.79 Å². The molecule has 0 heterocycles. The van der Waals surface area contributed by atoms with Gasteiger partial charge in [0, 0.05) is 12.5 Å². The predicted molar refractivity (Wildman–Crippen MR) is 36.1 cm³/mol. The summed E-state index contributed by atoms with van der Waals surface area (Å²) in [5.41, 5.74) is 0.498. The van der Waals surface area contributed by atoms with E-state index in [9.17, 15) is 4.79 Å². The number of carbonyl (C=O) groups is 1. The third-order valence-corrected chi connectivity index (χ3v) is 1.32.